The molecular weight excluding hydrogens is 252 g/mol. The van der Waals surface area contributed by atoms with Crippen molar-refractivity contribution in [2.75, 3.05) is 5.32 Å². The van der Waals surface area contributed by atoms with Crippen LogP contribution in [0.1, 0.15) is 27.3 Å². The van der Waals surface area contributed by atoms with E-state index in [2.05, 4.69) is 20.1 Å². The van der Waals surface area contributed by atoms with Crippen molar-refractivity contribution in [3.05, 3.63) is 58.3 Å². The fourth-order valence-electron chi connectivity index (χ4n) is 1.77. The van der Waals surface area contributed by atoms with Crippen LogP contribution in [0, 0.1) is 27.3 Å². The number of carbonyl (C=O) groups excluding carboxylic acids is 1. The molecule has 100 valence electrons. The van der Waals surface area contributed by atoms with Crippen molar-refractivity contribution in [2.24, 2.45) is 0 Å². The largest absolute Gasteiger partial charge is 0.305 e. The Hall–Kier alpha value is -2.74. The van der Waals surface area contributed by atoms with Crippen LogP contribution in [0.15, 0.2) is 24.4 Å². The first-order chi connectivity index (χ1) is 9.51. The summed E-state index contributed by atoms with van der Waals surface area (Å²) in [5, 5.41) is 2.69. The van der Waals surface area contributed by atoms with Gasteiger partial charge in [0, 0.05) is 11.9 Å². The number of aromatic nitrogens is 2. The number of rotatable bonds is 2. The highest BCUT2D eigenvalue weighted by atomic mass is 16.1. The Kier molecular flexibility index (Phi) is 3.76. The third-order valence-corrected chi connectivity index (χ3v) is 2.86. The van der Waals surface area contributed by atoms with Crippen molar-refractivity contribution in [1.29, 1.82) is 0 Å². The van der Waals surface area contributed by atoms with Gasteiger partial charge in [0.05, 0.1) is 6.57 Å². The quantitative estimate of drug-likeness (QED) is 0.849. The SMILES string of the molecule is [C-]#[N+]c1cc(C)nc(C(=O)Nc2ccc(C)cn2)c1C. The number of pyridine rings is 2. The van der Waals surface area contributed by atoms with Gasteiger partial charge in [-0.2, -0.15) is 0 Å². The zero-order valence-electron chi connectivity index (χ0n) is 11.6. The summed E-state index contributed by atoms with van der Waals surface area (Å²) in [7, 11) is 0. The second-order valence-electron chi connectivity index (χ2n) is 4.54. The van der Waals surface area contributed by atoms with E-state index in [1.54, 1.807) is 32.2 Å². The molecule has 0 aliphatic carbocycles. The topological polar surface area (TPSA) is 59.2 Å². The van der Waals surface area contributed by atoms with Gasteiger partial charge in [0.1, 0.15) is 11.5 Å². The Balaban J connectivity index is 2.32. The van der Waals surface area contributed by atoms with E-state index in [0.717, 1.165) is 5.56 Å². The molecule has 0 radical (unpaired) electrons. The van der Waals surface area contributed by atoms with Crippen LogP contribution in [0.25, 0.3) is 4.85 Å². The first kappa shape index (κ1) is 13.7. The maximum Gasteiger partial charge on any atom is 0.274 e. The van der Waals surface area contributed by atoms with Crippen molar-refractivity contribution in [2.45, 2.75) is 20.8 Å². The molecule has 0 saturated heterocycles. The molecule has 5 heteroatoms. The third kappa shape index (κ3) is 2.81. The molecule has 2 aromatic rings. The predicted octanol–water partition coefficient (Wildman–Crippen LogP) is 3.20. The van der Waals surface area contributed by atoms with Crippen molar-refractivity contribution in [3.63, 3.8) is 0 Å². The normalized spacial score (nSPS) is 9.90. The average molecular weight is 266 g/mol. The Morgan fingerprint density at radius 3 is 2.65 bits per heavy atom. The molecule has 2 aromatic heterocycles. The molecule has 0 saturated carbocycles. The minimum atomic E-state index is -0.354. The van der Waals surface area contributed by atoms with E-state index in [-0.39, 0.29) is 11.6 Å². The lowest BCUT2D eigenvalue weighted by Crippen LogP contribution is -2.16. The summed E-state index contributed by atoms with van der Waals surface area (Å²) in [5.74, 6) is 0.111. The molecule has 1 N–H and O–H groups in total. The number of nitrogens with one attached hydrogen (secondary N) is 1. The number of hydrogen-bond acceptors (Lipinski definition) is 3. The summed E-state index contributed by atoms with van der Waals surface area (Å²) >= 11 is 0. The molecule has 0 atom stereocenters. The lowest BCUT2D eigenvalue weighted by Gasteiger charge is -2.09. The number of amides is 1. The van der Waals surface area contributed by atoms with E-state index >= 15 is 0 Å². The Labute approximate surface area is 117 Å². The third-order valence-electron chi connectivity index (χ3n) is 2.86. The molecule has 0 bridgehead atoms. The van der Waals surface area contributed by atoms with Crippen LogP contribution in [0.4, 0.5) is 11.5 Å². The second kappa shape index (κ2) is 5.49. The monoisotopic (exact) mass is 266 g/mol. The van der Waals surface area contributed by atoms with Crippen molar-refractivity contribution in [3.8, 4) is 0 Å². The zero-order valence-corrected chi connectivity index (χ0v) is 11.6. The van der Waals surface area contributed by atoms with E-state index in [9.17, 15) is 4.79 Å². The molecule has 0 fully saturated rings. The minimum Gasteiger partial charge on any atom is -0.305 e. The summed E-state index contributed by atoms with van der Waals surface area (Å²) in [4.78, 5) is 24.0. The predicted molar refractivity (Wildman–Crippen MR) is 76.9 cm³/mol. The van der Waals surface area contributed by atoms with Gasteiger partial charge in [0.2, 0.25) is 0 Å². The van der Waals surface area contributed by atoms with Gasteiger partial charge >= 0.3 is 0 Å². The lowest BCUT2D eigenvalue weighted by molar-refractivity contribution is 0.102. The fourth-order valence-corrected chi connectivity index (χ4v) is 1.77. The van der Waals surface area contributed by atoms with Gasteiger partial charge in [-0.15, -0.1) is 0 Å². The Bertz CT molecular complexity index is 699. The van der Waals surface area contributed by atoms with Crippen molar-refractivity contribution in [1.82, 2.24) is 9.97 Å². The summed E-state index contributed by atoms with van der Waals surface area (Å²) in [6.07, 6.45) is 1.68. The van der Waals surface area contributed by atoms with Gasteiger partial charge in [-0.1, -0.05) is 6.07 Å². The van der Waals surface area contributed by atoms with Gasteiger partial charge in [0.15, 0.2) is 5.69 Å². The molecule has 0 spiro atoms. The van der Waals surface area contributed by atoms with Gasteiger partial charge in [0.25, 0.3) is 5.91 Å². The Morgan fingerprint density at radius 1 is 1.30 bits per heavy atom. The molecule has 0 aliphatic heterocycles. The standard InChI is InChI=1S/C15H14N4O/c1-9-5-6-13(17-8-9)19-15(20)14-11(3)12(16-4)7-10(2)18-14/h5-8H,1-3H3,(H,17,19,20). The van der Waals surface area contributed by atoms with E-state index < -0.39 is 0 Å². The molecule has 0 aromatic carbocycles. The van der Waals surface area contributed by atoms with Crippen LogP contribution >= 0.6 is 0 Å². The molecular formula is C15H14N4O. The first-order valence-electron chi connectivity index (χ1n) is 6.11. The molecule has 2 rings (SSSR count). The van der Waals surface area contributed by atoms with Crippen molar-refractivity contribution < 1.29 is 4.79 Å². The number of nitrogens with zero attached hydrogens (tertiary/aromatic N) is 3. The van der Waals surface area contributed by atoms with Crippen LogP contribution in [0.3, 0.4) is 0 Å². The molecule has 20 heavy (non-hydrogen) atoms. The van der Waals surface area contributed by atoms with E-state index in [4.69, 9.17) is 6.57 Å². The number of hydrogen-bond donors (Lipinski definition) is 1. The molecule has 0 aliphatic rings. The smallest absolute Gasteiger partial charge is 0.274 e. The van der Waals surface area contributed by atoms with Crippen LogP contribution in [0.2, 0.25) is 0 Å². The van der Waals surface area contributed by atoms with Crippen LogP contribution in [0.5, 0.6) is 0 Å². The number of anilines is 1. The van der Waals surface area contributed by atoms with Gasteiger partial charge in [-0.3, -0.25) is 9.78 Å². The summed E-state index contributed by atoms with van der Waals surface area (Å²) in [6, 6.07) is 5.26. The highest BCUT2D eigenvalue weighted by molar-refractivity contribution is 6.04. The fraction of sp³-hybridized carbons (Fsp3) is 0.200. The average Bonchev–Trinajstić information content (AvgIpc) is 2.43. The van der Waals surface area contributed by atoms with Crippen LogP contribution in [-0.2, 0) is 0 Å². The minimum absolute atomic E-state index is 0.262. The molecule has 0 unspecified atom stereocenters. The van der Waals surface area contributed by atoms with Crippen molar-refractivity contribution >= 4 is 17.4 Å². The van der Waals surface area contributed by atoms with Gasteiger partial charge in [-0.05, 0) is 44.0 Å². The maximum atomic E-state index is 12.2. The molecule has 2 heterocycles. The first-order valence-corrected chi connectivity index (χ1v) is 6.11. The lowest BCUT2D eigenvalue weighted by atomic mass is 10.1. The zero-order chi connectivity index (χ0) is 14.7. The highest BCUT2D eigenvalue weighted by Gasteiger charge is 2.15. The summed E-state index contributed by atoms with van der Waals surface area (Å²) in [5.41, 5.74) is 2.94. The number of carbonyl (C=O) groups is 1. The van der Waals surface area contributed by atoms with Gasteiger partial charge in [-0.25, -0.2) is 9.83 Å². The summed E-state index contributed by atoms with van der Waals surface area (Å²) in [6.45, 7) is 12.5. The number of aryl methyl sites for hydroxylation is 2. The molecule has 5 nitrogen and oxygen atoms in total. The summed E-state index contributed by atoms with van der Waals surface area (Å²) < 4.78 is 0. The molecule has 1 amide bonds. The van der Waals surface area contributed by atoms with E-state index in [1.807, 2.05) is 13.0 Å². The Morgan fingerprint density at radius 2 is 2.05 bits per heavy atom. The van der Waals surface area contributed by atoms with Crippen LogP contribution < -0.4 is 5.32 Å². The second-order valence-corrected chi connectivity index (χ2v) is 4.54. The van der Waals surface area contributed by atoms with E-state index in [0.29, 0.717) is 22.8 Å². The van der Waals surface area contributed by atoms with Gasteiger partial charge < -0.3 is 5.32 Å². The maximum absolute atomic E-state index is 12.2. The van der Waals surface area contributed by atoms with Crippen LogP contribution in [-0.4, -0.2) is 15.9 Å². The highest BCUT2D eigenvalue weighted by Crippen LogP contribution is 2.22. The van der Waals surface area contributed by atoms with E-state index in [1.165, 1.54) is 0 Å².